The van der Waals surface area contributed by atoms with Crippen molar-refractivity contribution in [1.29, 1.82) is 0 Å². The summed E-state index contributed by atoms with van der Waals surface area (Å²) < 4.78 is 6.98. The van der Waals surface area contributed by atoms with E-state index in [9.17, 15) is 0 Å². The summed E-state index contributed by atoms with van der Waals surface area (Å²) >= 11 is 0. The highest BCUT2D eigenvalue weighted by atomic mass is 16.3. The molecular formula is C56H40O. The van der Waals surface area contributed by atoms with Crippen molar-refractivity contribution in [2.45, 2.75) is 38.5 Å². The fraction of sp³-hybridized carbons (Fsp3) is 0.107. The van der Waals surface area contributed by atoms with Gasteiger partial charge in [-0.2, -0.15) is 0 Å². The number of rotatable bonds is 3. The molecule has 0 radical (unpaired) electrons. The maximum Gasteiger partial charge on any atom is 0.144 e. The third-order valence-electron chi connectivity index (χ3n) is 13.4. The van der Waals surface area contributed by atoms with Gasteiger partial charge in [0.1, 0.15) is 11.2 Å². The van der Waals surface area contributed by atoms with Crippen LogP contribution in [-0.2, 0) is 10.8 Å². The van der Waals surface area contributed by atoms with Gasteiger partial charge < -0.3 is 4.42 Å². The first-order valence-corrected chi connectivity index (χ1v) is 20.2. The van der Waals surface area contributed by atoms with E-state index >= 15 is 0 Å². The van der Waals surface area contributed by atoms with Crippen molar-refractivity contribution >= 4 is 43.5 Å². The Kier molecular flexibility index (Phi) is 6.53. The van der Waals surface area contributed by atoms with E-state index in [4.69, 9.17) is 4.42 Å². The Labute approximate surface area is 332 Å². The van der Waals surface area contributed by atoms with Gasteiger partial charge in [-0.3, -0.25) is 0 Å². The Morgan fingerprint density at radius 2 is 0.860 bits per heavy atom. The summed E-state index contributed by atoms with van der Waals surface area (Å²) in [6.45, 7) is 9.72. The van der Waals surface area contributed by atoms with E-state index in [-0.39, 0.29) is 10.8 Å². The fourth-order valence-corrected chi connectivity index (χ4v) is 10.9. The molecule has 0 bridgehead atoms. The highest BCUT2D eigenvalue weighted by Crippen LogP contribution is 2.63. The second-order valence-corrected chi connectivity index (χ2v) is 17.1. The van der Waals surface area contributed by atoms with Gasteiger partial charge in [0, 0.05) is 27.2 Å². The Morgan fingerprint density at radius 1 is 0.351 bits per heavy atom. The van der Waals surface area contributed by atoms with Crippen molar-refractivity contribution in [2.75, 3.05) is 0 Å². The molecule has 0 aliphatic heterocycles. The second kappa shape index (κ2) is 11.4. The molecule has 0 fully saturated rings. The maximum atomic E-state index is 6.98. The lowest BCUT2D eigenvalue weighted by Crippen LogP contribution is -2.24. The van der Waals surface area contributed by atoms with E-state index in [0.717, 1.165) is 11.2 Å². The molecule has 1 heterocycles. The molecule has 2 aliphatic carbocycles. The molecule has 57 heavy (non-hydrogen) atoms. The first kappa shape index (κ1) is 32.5. The van der Waals surface area contributed by atoms with Gasteiger partial charge in [0.15, 0.2) is 0 Å². The minimum Gasteiger partial charge on any atom is -0.455 e. The SMILES string of the molecule is CC1(C)c2cc(-c3c4ccccc4c(-c4cccc(-c5ccccc5)c4)c4ccccc34)ccc2-c2c1c1c(c3c2oc2ccccc23)-c2ccccc2C1(C)C. The zero-order valence-electron chi connectivity index (χ0n) is 32.6. The van der Waals surface area contributed by atoms with Crippen molar-refractivity contribution in [3.8, 4) is 55.6 Å². The van der Waals surface area contributed by atoms with Gasteiger partial charge in [0.05, 0.1) is 0 Å². The van der Waals surface area contributed by atoms with Crippen LogP contribution in [0.3, 0.4) is 0 Å². The summed E-state index contributed by atoms with van der Waals surface area (Å²) in [6, 6.07) is 62.7. The minimum atomic E-state index is -0.277. The Morgan fingerprint density at radius 3 is 1.56 bits per heavy atom. The molecule has 270 valence electrons. The molecule has 1 aromatic heterocycles. The van der Waals surface area contributed by atoms with Crippen molar-refractivity contribution in [3.63, 3.8) is 0 Å². The number of hydrogen-bond donors (Lipinski definition) is 0. The van der Waals surface area contributed by atoms with Crippen LogP contribution in [0.2, 0.25) is 0 Å². The molecule has 0 saturated carbocycles. The highest BCUT2D eigenvalue weighted by Gasteiger charge is 2.48. The summed E-state index contributed by atoms with van der Waals surface area (Å²) in [6.07, 6.45) is 0. The number of hydrogen-bond acceptors (Lipinski definition) is 1. The predicted octanol–water partition coefficient (Wildman–Crippen LogP) is 15.5. The Bertz CT molecular complexity index is 3280. The van der Waals surface area contributed by atoms with Crippen LogP contribution in [0.4, 0.5) is 0 Å². The maximum absolute atomic E-state index is 6.98. The highest BCUT2D eigenvalue weighted by molar-refractivity contribution is 6.23. The molecule has 1 heteroatoms. The molecular weight excluding hydrogens is 689 g/mol. The molecule has 10 aromatic rings. The van der Waals surface area contributed by atoms with Crippen molar-refractivity contribution < 1.29 is 4.42 Å². The number of furan rings is 1. The molecule has 1 nitrogen and oxygen atoms in total. The van der Waals surface area contributed by atoms with Gasteiger partial charge in [0.25, 0.3) is 0 Å². The van der Waals surface area contributed by atoms with Gasteiger partial charge in [-0.05, 0) is 112 Å². The molecule has 0 saturated heterocycles. The molecule has 9 aromatic carbocycles. The zero-order valence-corrected chi connectivity index (χ0v) is 32.6. The molecule has 2 aliphatic rings. The number of para-hydroxylation sites is 1. The van der Waals surface area contributed by atoms with Gasteiger partial charge in [-0.25, -0.2) is 0 Å². The van der Waals surface area contributed by atoms with E-state index in [1.165, 1.54) is 110 Å². The summed E-state index contributed by atoms with van der Waals surface area (Å²) in [4.78, 5) is 0. The summed E-state index contributed by atoms with van der Waals surface area (Å²) in [7, 11) is 0. The van der Waals surface area contributed by atoms with Gasteiger partial charge in [-0.15, -0.1) is 0 Å². The van der Waals surface area contributed by atoms with Crippen LogP contribution < -0.4 is 0 Å². The number of fused-ring (bicyclic) bond motifs is 14. The Balaban J connectivity index is 1.13. The topological polar surface area (TPSA) is 13.1 Å². The summed E-state index contributed by atoms with van der Waals surface area (Å²) in [5, 5.41) is 7.49. The zero-order chi connectivity index (χ0) is 38.2. The molecule has 0 N–H and O–H groups in total. The van der Waals surface area contributed by atoms with Crippen LogP contribution in [0.15, 0.2) is 174 Å². The van der Waals surface area contributed by atoms with Crippen LogP contribution in [0.1, 0.15) is 49.9 Å². The standard InChI is InChI=1S/C56H40O/c1-55(2)44-27-14-12-25-41(44)49-50-43-26-13-15-28-46(43)57-54(50)51-42-30-29-36(32-45(42)56(3,4)53(51)52(49)55)48-39-23-10-8-21-37(39)47(38-22-9-11-24-40(38)48)35-20-16-19-34(31-35)33-17-6-5-7-18-33/h5-32H,1-4H3. The van der Waals surface area contributed by atoms with Gasteiger partial charge in [0.2, 0.25) is 0 Å². The van der Waals surface area contributed by atoms with E-state index in [1.807, 2.05) is 0 Å². The van der Waals surface area contributed by atoms with Crippen molar-refractivity contribution in [1.82, 2.24) is 0 Å². The Hall–Kier alpha value is -6.70. The quantitative estimate of drug-likeness (QED) is 0.165. The largest absolute Gasteiger partial charge is 0.455 e. The van der Waals surface area contributed by atoms with Crippen LogP contribution in [-0.4, -0.2) is 0 Å². The van der Waals surface area contributed by atoms with Crippen LogP contribution in [0, 0.1) is 0 Å². The second-order valence-electron chi connectivity index (χ2n) is 17.1. The minimum absolute atomic E-state index is 0.176. The number of benzene rings is 9. The molecule has 0 spiro atoms. The van der Waals surface area contributed by atoms with Crippen LogP contribution >= 0.6 is 0 Å². The van der Waals surface area contributed by atoms with Gasteiger partial charge >= 0.3 is 0 Å². The monoisotopic (exact) mass is 728 g/mol. The van der Waals surface area contributed by atoms with E-state index < -0.39 is 0 Å². The fourth-order valence-electron chi connectivity index (χ4n) is 10.9. The molecule has 0 atom stereocenters. The predicted molar refractivity (Wildman–Crippen MR) is 240 cm³/mol. The summed E-state index contributed by atoms with van der Waals surface area (Å²) in [5.41, 5.74) is 19.8. The summed E-state index contributed by atoms with van der Waals surface area (Å²) in [5.74, 6) is 0. The van der Waals surface area contributed by atoms with Crippen LogP contribution in [0.5, 0.6) is 0 Å². The first-order valence-electron chi connectivity index (χ1n) is 20.2. The molecule has 12 rings (SSSR count). The van der Waals surface area contributed by atoms with Crippen molar-refractivity contribution in [2.24, 2.45) is 0 Å². The third kappa shape index (κ3) is 4.29. The average molecular weight is 729 g/mol. The van der Waals surface area contributed by atoms with Crippen molar-refractivity contribution in [3.05, 3.63) is 192 Å². The van der Waals surface area contributed by atoms with Gasteiger partial charge in [-0.1, -0.05) is 179 Å². The molecule has 0 amide bonds. The third-order valence-corrected chi connectivity index (χ3v) is 13.4. The molecule has 0 unspecified atom stereocenters. The van der Waals surface area contributed by atoms with Crippen LogP contribution in [0.25, 0.3) is 99.1 Å². The first-order chi connectivity index (χ1) is 27.8. The van der Waals surface area contributed by atoms with E-state index in [0.29, 0.717) is 0 Å². The lowest BCUT2D eigenvalue weighted by molar-refractivity contribution is 0.600. The normalized spacial score (nSPS) is 14.6. The lowest BCUT2D eigenvalue weighted by Gasteiger charge is -2.31. The smallest absolute Gasteiger partial charge is 0.144 e. The van der Waals surface area contributed by atoms with E-state index in [1.54, 1.807) is 0 Å². The van der Waals surface area contributed by atoms with E-state index in [2.05, 4.69) is 198 Å². The average Bonchev–Trinajstić information content (AvgIpc) is 3.82. The lowest BCUT2D eigenvalue weighted by atomic mass is 9.72.